The topological polar surface area (TPSA) is 49.3 Å². The minimum atomic E-state index is -0.249. The quantitative estimate of drug-likeness (QED) is 0.840. The summed E-state index contributed by atoms with van der Waals surface area (Å²) in [5, 5.41) is 12.1. The predicted octanol–water partition coefficient (Wildman–Crippen LogP) is 3.43. The largest absolute Gasteiger partial charge is 0.508 e. The van der Waals surface area contributed by atoms with E-state index in [-0.39, 0.29) is 11.7 Å². The SMILES string of the molecule is O=C(Nc1ccc(CCCl)cc1)c1cccc(O)c1. The Morgan fingerprint density at radius 2 is 1.89 bits per heavy atom. The fourth-order valence-corrected chi connectivity index (χ4v) is 1.93. The number of rotatable bonds is 4. The molecule has 0 saturated carbocycles. The third kappa shape index (κ3) is 3.73. The van der Waals surface area contributed by atoms with E-state index in [2.05, 4.69) is 5.32 Å². The second-order valence-corrected chi connectivity index (χ2v) is 4.52. The highest BCUT2D eigenvalue weighted by molar-refractivity contribution is 6.18. The van der Waals surface area contributed by atoms with E-state index < -0.39 is 0 Å². The molecule has 0 aliphatic heterocycles. The maximum absolute atomic E-state index is 11.9. The molecular weight excluding hydrogens is 262 g/mol. The van der Waals surface area contributed by atoms with E-state index in [4.69, 9.17) is 11.6 Å². The summed E-state index contributed by atoms with van der Waals surface area (Å²) < 4.78 is 0. The number of carbonyl (C=O) groups excluding carboxylic acids is 1. The summed E-state index contributed by atoms with van der Waals surface area (Å²) in [6.07, 6.45) is 0.808. The van der Waals surface area contributed by atoms with Gasteiger partial charge in [-0.25, -0.2) is 0 Å². The molecule has 0 aliphatic carbocycles. The van der Waals surface area contributed by atoms with Crippen molar-refractivity contribution in [3.63, 3.8) is 0 Å². The average molecular weight is 276 g/mol. The molecule has 0 saturated heterocycles. The Hall–Kier alpha value is -2.00. The molecule has 1 amide bonds. The van der Waals surface area contributed by atoms with E-state index in [1.165, 1.54) is 12.1 Å². The van der Waals surface area contributed by atoms with Crippen LogP contribution in [0, 0.1) is 0 Å². The number of aromatic hydroxyl groups is 1. The van der Waals surface area contributed by atoms with Crippen LogP contribution in [0.3, 0.4) is 0 Å². The first-order valence-corrected chi connectivity index (χ1v) is 6.48. The van der Waals surface area contributed by atoms with Crippen LogP contribution >= 0.6 is 11.6 Å². The number of phenols is 1. The first kappa shape index (κ1) is 13.4. The van der Waals surface area contributed by atoms with Gasteiger partial charge in [-0.3, -0.25) is 4.79 Å². The van der Waals surface area contributed by atoms with Crippen LogP contribution in [-0.2, 0) is 6.42 Å². The smallest absolute Gasteiger partial charge is 0.255 e. The van der Waals surface area contributed by atoms with Gasteiger partial charge in [0.15, 0.2) is 0 Å². The van der Waals surface area contributed by atoms with Crippen LogP contribution in [0.25, 0.3) is 0 Å². The second-order valence-electron chi connectivity index (χ2n) is 4.14. The minimum absolute atomic E-state index is 0.0742. The highest BCUT2D eigenvalue weighted by Crippen LogP contribution is 2.15. The van der Waals surface area contributed by atoms with Gasteiger partial charge in [0.1, 0.15) is 5.75 Å². The van der Waals surface area contributed by atoms with Crippen molar-refractivity contribution in [3.8, 4) is 5.75 Å². The minimum Gasteiger partial charge on any atom is -0.508 e. The lowest BCUT2D eigenvalue weighted by Crippen LogP contribution is -2.11. The maximum atomic E-state index is 11.9. The standard InChI is InChI=1S/C15H14ClNO2/c16-9-8-11-4-6-13(7-5-11)17-15(19)12-2-1-3-14(18)10-12/h1-7,10,18H,8-9H2,(H,17,19). The van der Waals surface area contributed by atoms with Crippen LogP contribution in [0.5, 0.6) is 5.75 Å². The maximum Gasteiger partial charge on any atom is 0.255 e. The van der Waals surface area contributed by atoms with Gasteiger partial charge in [-0.2, -0.15) is 0 Å². The fourth-order valence-electron chi connectivity index (χ4n) is 1.71. The van der Waals surface area contributed by atoms with Crippen molar-refractivity contribution in [3.05, 3.63) is 59.7 Å². The molecule has 0 bridgehead atoms. The van der Waals surface area contributed by atoms with Gasteiger partial charge in [-0.15, -0.1) is 11.6 Å². The summed E-state index contributed by atoms with van der Waals surface area (Å²) in [6.45, 7) is 0. The number of aryl methyl sites for hydroxylation is 1. The Labute approximate surface area is 116 Å². The monoisotopic (exact) mass is 275 g/mol. The van der Waals surface area contributed by atoms with Crippen molar-refractivity contribution in [2.45, 2.75) is 6.42 Å². The van der Waals surface area contributed by atoms with Crippen molar-refractivity contribution in [1.82, 2.24) is 0 Å². The van der Waals surface area contributed by atoms with Crippen LogP contribution in [0.1, 0.15) is 15.9 Å². The summed E-state index contributed by atoms with van der Waals surface area (Å²) in [6, 6.07) is 13.8. The summed E-state index contributed by atoms with van der Waals surface area (Å²) in [5.41, 5.74) is 2.27. The van der Waals surface area contributed by atoms with Crippen molar-refractivity contribution in [2.75, 3.05) is 11.2 Å². The molecule has 98 valence electrons. The molecule has 0 aliphatic rings. The Morgan fingerprint density at radius 1 is 1.16 bits per heavy atom. The lowest BCUT2D eigenvalue weighted by atomic mass is 10.1. The van der Waals surface area contributed by atoms with Gasteiger partial charge in [0.2, 0.25) is 0 Å². The van der Waals surface area contributed by atoms with Gasteiger partial charge < -0.3 is 10.4 Å². The van der Waals surface area contributed by atoms with Gasteiger partial charge in [-0.1, -0.05) is 18.2 Å². The lowest BCUT2D eigenvalue weighted by molar-refractivity contribution is 0.102. The number of hydrogen-bond acceptors (Lipinski definition) is 2. The van der Waals surface area contributed by atoms with Gasteiger partial charge in [-0.05, 0) is 42.3 Å². The zero-order chi connectivity index (χ0) is 13.7. The third-order valence-corrected chi connectivity index (χ3v) is 2.89. The van der Waals surface area contributed by atoms with Gasteiger partial charge in [0, 0.05) is 17.1 Å². The number of phenolic OH excluding ortho intramolecular Hbond substituents is 1. The highest BCUT2D eigenvalue weighted by atomic mass is 35.5. The van der Waals surface area contributed by atoms with Crippen LogP contribution in [-0.4, -0.2) is 16.9 Å². The number of alkyl halides is 1. The van der Waals surface area contributed by atoms with Gasteiger partial charge in [0.25, 0.3) is 5.91 Å². The highest BCUT2D eigenvalue weighted by Gasteiger charge is 2.06. The van der Waals surface area contributed by atoms with E-state index in [0.29, 0.717) is 17.1 Å². The van der Waals surface area contributed by atoms with E-state index >= 15 is 0 Å². The second kappa shape index (κ2) is 6.25. The Morgan fingerprint density at radius 3 is 2.53 bits per heavy atom. The van der Waals surface area contributed by atoms with E-state index in [0.717, 1.165) is 12.0 Å². The molecule has 2 rings (SSSR count). The van der Waals surface area contributed by atoms with Crippen LogP contribution in [0.15, 0.2) is 48.5 Å². The summed E-state index contributed by atoms with van der Waals surface area (Å²) in [4.78, 5) is 11.9. The molecule has 0 fully saturated rings. The average Bonchev–Trinajstić information content (AvgIpc) is 2.41. The van der Waals surface area contributed by atoms with Crippen LogP contribution < -0.4 is 5.32 Å². The van der Waals surface area contributed by atoms with Crippen molar-refractivity contribution in [2.24, 2.45) is 0 Å². The lowest BCUT2D eigenvalue weighted by Gasteiger charge is -2.06. The molecule has 2 aromatic carbocycles. The Balaban J connectivity index is 2.06. The van der Waals surface area contributed by atoms with Crippen molar-refractivity contribution < 1.29 is 9.90 Å². The van der Waals surface area contributed by atoms with E-state index in [9.17, 15) is 9.90 Å². The zero-order valence-electron chi connectivity index (χ0n) is 10.3. The number of carbonyl (C=O) groups is 1. The summed E-state index contributed by atoms with van der Waals surface area (Å²) in [5.74, 6) is 0.403. The first-order valence-electron chi connectivity index (χ1n) is 5.94. The van der Waals surface area contributed by atoms with Gasteiger partial charge in [0.05, 0.1) is 0 Å². The molecular formula is C15H14ClNO2. The number of halogens is 1. The summed E-state index contributed by atoms with van der Waals surface area (Å²) >= 11 is 5.66. The van der Waals surface area contributed by atoms with Crippen molar-refractivity contribution >= 4 is 23.2 Å². The molecule has 19 heavy (non-hydrogen) atoms. The van der Waals surface area contributed by atoms with E-state index in [1.54, 1.807) is 12.1 Å². The van der Waals surface area contributed by atoms with Crippen LogP contribution in [0.4, 0.5) is 5.69 Å². The zero-order valence-corrected chi connectivity index (χ0v) is 11.0. The normalized spacial score (nSPS) is 10.2. The van der Waals surface area contributed by atoms with E-state index in [1.807, 2.05) is 24.3 Å². The third-order valence-electron chi connectivity index (χ3n) is 2.70. The molecule has 0 unspecified atom stereocenters. The fraction of sp³-hybridized carbons (Fsp3) is 0.133. The molecule has 0 spiro atoms. The number of amides is 1. The molecule has 0 radical (unpaired) electrons. The first-order chi connectivity index (χ1) is 9.19. The molecule has 0 aromatic heterocycles. The molecule has 2 aromatic rings. The number of hydrogen-bond donors (Lipinski definition) is 2. The number of benzene rings is 2. The molecule has 0 heterocycles. The molecule has 4 heteroatoms. The predicted molar refractivity (Wildman–Crippen MR) is 76.9 cm³/mol. The molecule has 3 nitrogen and oxygen atoms in total. The number of nitrogens with one attached hydrogen (secondary N) is 1. The summed E-state index contributed by atoms with van der Waals surface area (Å²) in [7, 11) is 0. The van der Waals surface area contributed by atoms with Crippen LogP contribution in [0.2, 0.25) is 0 Å². The van der Waals surface area contributed by atoms with Crippen molar-refractivity contribution in [1.29, 1.82) is 0 Å². The number of anilines is 1. The molecule has 0 atom stereocenters. The Kier molecular flexibility index (Phi) is 4.42. The van der Waals surface area contributed by atoms with Gasteiger partial charge >= 0.3 is 0 Å². The molecule has 2 N–H and O–H groups in total. The Bertz CT molecular complexity index is 567.